The van der Waals surface area contributed by atoms with Gasteiger partial charge in [-0.15, -0.1) is 0 Å². The zero-order valence-corrected chi connectivity index (χ0v) is 19.1. The molecular weight excluding hydrogens is 431 g/mol. The van der Waals surface area contributed by atoms with Crippen molar-refractivity contribution >= 4 is 10.9 Å². The highest BCUT2D eigenvalue weighted by Crippen LogP contribution is 2.43. The zero-order chi connectivity index (χ0) is 23.7. The summed E-state index contributed by atoms with van der Waals surface area (Å²) in [5, 5.41) is 6.30. The molecule has 1 heterocycles. The first-order valence-corrected chi connectivity index (χ1v) is 11.7. The Morgan fingerprint density at radius 1 is 0.514 bits per heavy atom. The quantitative estimate of drug-likeness (QED) is 0.244. The van der Waals surface area contributed by atoms with Crippen molar-refractivity contribution in [3.63, 3.8) is 0 Å². The molecule has 0 aliphatic rings. The van der Waals surface area contributed by atoms with Crippen LogP contribution < -0.4 is 0 Å². The normalized spacial score (nSPS) is 11.6. The molecule has 0 radical (unpaired) electrons. The van der Waals surface area contributed by atoms with Crippen molar-refractivity contribution in [2.45, 2.75) is 5.54 Å². The number of halogens is 1. The Hall–Kier alpha value is -4.50. The summed E-state index contributed by atoms with van der Waals surface area (Å²) in [4.78, 5) is 0. The molecule has 3 heteroatoms. The SMILES string of the molecule is Fc1ccc(-c2nn(C(c3ccccc3)(c3ccccc3)c3ccccc3)c3ccccc23)cc1. The lowest BCUT2D eigenvalue weighted by Gasteiger charge is -2.37. The highest BCUT2D eigenvalue weighted by molar-refractivity contribution is 5.94. The molecule has 0 bridgehead atoms. The van der Waals surface area contributed by atoms with E-state index in [1.54, 1.807) is 12.1 Å². The summed E-state index contributed by atoms with van der Waals surface area (Å²) in [6.45, 7) is 0. The van der Waals surface area contributed by atoms with Crippen LogP contribution in [0.3, 0.4) is 0 Å². The summed E-state index contributed by atoms with van der Waals surface area (Å²) in [6, 6.07) is 46.3. The first kappa shape index (κ1) is 21.1. The Labute approximate surface area is 203 Å². The molecular formula is C32H23FN2. The van der Waals surface area contributed by atoms with E-state index in [9.17, 15) is 4.39 Å². The van der Waals surface area contributed by atoms with Crippen molar-refractivity contribution in [3.05, 3.63) is 162 Å². The van der Waals surface area contributed by atoms with Gasteiger partial charge in [0.15, 0.2) is 0 Å². The van der Waals surface area contributed by atoms with E-state index >= 15 is 0 Å². The Kier molecular flexibility index (Phi) is 5.23. The maximum Gasteiger partial charge on any atom is 0.138 e. The standard InChI is InChI=1S/C32H23FN2/c33-28-22-20-24(21-23-28)31-29-18-10-11-19-30(29)35(34-31)32(25-12-4-1-5-13-25,26-14-6-2-7-15-26)27-16-8-3-9-17-27/h1-23H. The van der Waals surface area contributed by atoms with E-state index in [1.807, 2.05) is 30.3 Å². The lowest BCUT2D eigenvalue weighted by atomic mass is 9.77. The molecule has 0 amide bonds. The Morgan fingerprint density at radius 3 is 1.49 bits per heavy atom. The fourth-order valence-corrected chi connectivity index (χ4v) is 5.05. The van der Waals surface area contributed by atoms with E-state index in [2.05, 4.69) is 89.6 Å². The Bertz CT molecular complexity index is 1480. The molecule has 168 valence electrons. The molecule has 5 aromatic carbocycles. The van der Waals surface area contributed by atoms with Gasteiger partial charge >= 0.3 is 0 Å². The summed E-state index contributed by atoms with van der Waals surface area (Å²) in [5.41, 5.74) is 5.31. The lowest BCUT2D eigenvalue weighted by molar-refractivity contribution is 0.477. The monoisotopic (exact) mass is 454 g/mol. The maximum atomic E-state index is 13.7. The van der Waals surface area contributed by atoms with Crippen LogP contribution >= 0.6 is 0 Å². The van der Waals surface area contributed by atoms with E-state index in [0.29, 0.717) is 0 Å². The van der Waals surface area contributed by atoms with Crippen LogP contribution in [0.2, 0.25) is 0 Å². The third-order valence-corrected chi connectivity index (χ3v) is 6.60. The third-order valence-electron chi connectivity index (χ3n) is 6.60. The van der Waals surface area contributed by atoms with Crippen molar-refractivity contribution < 1.29 is 4.39 Å². The molecule has 35 heavy (non-hydrogen) atoms. The van der Waals surface area contributed by atoms with Crippen molar-refractivity contribution in [3.8, 4) is 11.3 Å². The third kappa shape index (κ3) is 3.44. The fraction of sp³-hybridized carbons (Fsp3) is 0.0312. The Morgan fingerprint density at radius 2 is 0.971 bits per heavy atom. The number of fused-ring (bicyclic) bond motifs is 1. The van der Waals surface area contributed by atoms with Crippen LogP contribution in [0, 0.1) is 5.82 Å². The highest BCUT2D eigenvalue weighted by Gasteiger charge is 2.40. The predicted molar refractivity (Wildman–Crippen MR) is 140 cm³/mol. The summed E-state index contributed by atoms with van der Waals surface area (Å²) in [6.07, 6.45) is 0. The van der Waals surface area contributed by atoms with Gasteiger partial charge in [-0.25, -0.2) is 9.07 Å². The van der Waals surface area contributed by atoms with E-state index in [0.717, 1.165) is 38.9 Å². The molecule has 0 saturated carbocycles. The summed E-state index contributed by atoms with van der Waals surface area (Å²) in [5.74, 6) is -0.260. The number of aromatic nitrogens is 2. The van der Waals surface area contributed by atoms with Crippen molar-refractivity contribution in [1.29, 1.82) is 0 Å². The van der Waals surface area contributed by atoms with Crippen LogP contribution in [-0.4, -0.2) is 9.78 Å². The van der Waals surface area contributed by atoms with Gasteiger partial charge in [-0.2, -0.15) is 5.10 Å². The molecule has 0 saturated heterocycles. The number of rotatable bonds is 5. The van der Waals surface area contributed by atoms with Crippen LogP contribution in [0.25, 0.3) is 22.2 Å². The molecule has 0 atom stereocenters. The minimum atomic E-state index is -0.721. The van der Waals surface area contributed by atoms with Crippen LogP contribution in [0.5, 0.6) is 0 Å². The minimum Gasteiger partial charge on any atom is -0.245 e. The molecule has 0 fully saturated rings. The topological polar surface area (TPSA) is 17.8 Å². The molecule has 2 nitrogen and oxygen atoms in total. The molecule has 1 aromatic heterocycles. The molecule has 0 spiro atoms. The zero-order valence-electron chi connectivity index (χ0n) is 19.1. The van der Waals surface area contributed by atoms with Gasteiger partial charge < -0.3 is 0 Å². The molecule has 6 aromatic rings. The van der Waals surface area contributed by atoms with Crippen LogP contribution in [0.1, 0.15) is 16.7 Å². The van der Waals surface area contributed by atoms with Gasteiger partial charge in [0.25, 0.3) is 0 Å². The van der Waals surface area contributed by atoms with Crippen LogP contribution in [-0.2, 0) is 5.54 Å². The van der Waals surface area contributed by atoms with Crippen LogP contribution in [0.4, 0.5) is 4.39 Å². The van der Waals surface area contributed by atoms with Crippen LogP contribution in [0.15, 0.2) is 140 Å². The van der Waals surface area contributed by atoms with Crippen molar-refractivity contribution in [2.24, 2.45) is 0 Å². The second-order valence-corrected chi connectivity index (χ2v) is 8.59. The largest absolute Gasteiger partial charge is 0.245 e. The molecule has 0 unspecified atom stereocenters. The average Bonchev–Trinajstić information content (AvgIpc) is 3.31. The van der Waals surface area contributed by atoms with Gasteiger partial charge in [-0.1, -0.05) is 109 Å². The average molecular weight is 455 g/mol. The van der Waals surface area contributed by atoms with Crippen molar-refractivity contribution in [1.82, 2.24) is 9.78 Å². The lowest BCUT2D eigenvalue weighted by Crippen LogP contribution is -2.38. The summed E-state index contributed by atoms with van der Waals surface area (Å²) < 4.78 is 15.9. The van der Waals surface area contributed by atoms with Gasteiger partial charge in [0.2, 0.25) is 0 Å². The number of hydrogen-bond acceptors (Lipinski definition) is 1. The number of benzene rings is 5. The second kappa shape index (κ2) is 8.69. The predicted octanol–water partition coefficient (Wildman–Crippen LogP) is 7.68. The fourth-order valence-electron chi connectivity index (χ4n) is 5.05. The first-order chi connectivity index (χ1) is 17.3. The van der Waals surface area contributed by atoms with Crippen molar-refractivity contribution in [2.75, 3.05) is 0 Å². The summed E-state index contributed by atoms with van der Waals surface area (Å²) >= 11 is 0. The van der Waals surface area contributed by atoms with E-state index < -0.39 is 5.54 Å². The van der Waals surface area contributed by atoms with Gasteiger partial charge in [0.05, 0.1) is 5.52 Å². The molecule has 6 rings (SSSR count). The van der Waals surface area contributed by atoms with E-state index in [-0.39, 0.29) is 5.82 Å². The highest BCUT2D eigenvalue weighted by atomic mass is 19.1. The molecule has 0 N–H and O–H groups in total. The Balaban J connectivity index is 1.77. The van der Waals surface area contributed by atoms with E-state index in [4.69, 9.17) is 5.10 Å². The van der Waals surface area contributed by atoms with Gasteiger partial charge in [0, 0.05) is 10.9 Å². The number of hydrogen-bond donors (Lipinski definition) is 0. The number of nitrogens with zero attached hydrogens (tertiary/aromatic N) is 2. The van der Waals surface area contributed by atoms with Gasteiger partial charge in [-0.3, -0.25) is 0 Å². The number of para-hydroxylation sites is 1. The second-order valence-electron chi connectivity index (χ2n) is 8.59. The van der Waals surface area contributed by atoms with Gasteiger partial charge in [0.1, 0.15) is 17.1 Å². The minimum absolute atomic E-state index is 0.260. The first-order valence-electron chi connectivity index (χ1n) is 11.7. The van der Waals surface area contributed by atoms with E-state index in [1.165, 1.54) is 12.1 Å². The molecule has 0 aliphatic heterocycles. The molecule has 0 aliphatic carbocycles. The van der Waals surface area contributed by atoms with Gasteiger partial charge in [-0.05, 0) is 47.0 Å². The smallest absolute Gasteiger partial charge is 0.138 e. The maximum absolute atomic E-state index is 13.7. The summed E-state index contributed by atoms with van der Waals surface area (Å²) in [7, 11) is 0.